The van der Waals surface area contributed by atoms with Gasteiger partial charge in [-0.1, -0.05) is 25.4 Å². The van der Waals surface area contributed by atoms with Gasteiger partial charge >= 0.3 is 0 Å². The van der Waals surface area contributed by atoms with E-state index < -0.39 is 17.3 Å². The molecule has 0 N–H and O–H groups in total. The van der Waals surface area contributed by atoms with Gasteiger partial charge in [-0.3, -0.25) is 19.0 Å². The first kappa shape index (κ1) is 22.0. The molecule has 1 aliphatic carbocycles. The van der Waals surface area contributed by atoms with E-state index in [4.69, 9.17) is 11.6 Å². The number of carbonyl (C=O) groups is 2. The van der Waals surface area contributed by atoms with Crippen molar-refractivity contribution < 1.29 is 14.0 Å². The number of fused-ring (bicyclic) bond motifs is 1. The van der Waals surface area contributed by atoms with Crippen LogP contribution in [0.5, 0.6) is 0 Å². The number of anilines is 1. The normalized spacial score (nSPS) is 14.7. The van der Waals surface area contributed by atoms with Crippen LogP contribution < -0.4 is 10.5 Å². The van der Waals surface area contributed by atoms with Crippen LogP contribution in [0.15, 0.2) is 59.5 Å². The summed E-state index contributed by atoms with van der Waals surface area (Å²) >= 11 is 5.98. The number of carbonyl (C=O) groups excluding carboxylic acids is 2. The van der Waals surface area contributed by atoms with Crippen LogP contribution in [0.2, 0.25) is 5.02 Å². The first-order valence-electron chi connectivity index (χ1n) is 10.2. The van der Waals surface area contributed by atoms with Gasteiger partial charge in [-0.05, 0) is 65.9 Å². The second kappa shape index (κ2) is 8.02. The molecular weight excluding hydrogens is 431 g/mol. The Morgan fingerprint density at radius 3 is 2.28 bits per heavy atom. The zero-order chi connectivity index (χ0) is 23.2. The van der Waals surface area contributed by atoms with Gasteiger partial charge in [0.2, 0.25) is 0 Å². The van der Waals surface area contributed by atoms with Crippen molar-refractivity contribution in [3.05, 3.63) is 92.6 Å². The number of halogens is 2. The standard InChI is InChI=1S/C25H22ClFN2O3/c1-25(2)12-19-20(21(30)13-25)14-29(18-8-4-15(26)5-9-18)24(32)22(19)23(31)28(3)17-10-6-16(27)7-11-17/h4-11,14H,12-13H2,1-3H3. The minimum atomic E-state index is -0.549. The molecule has 0 radical (unpaired) electrons. The van der Waals surface area contributed by atoms with Crippen LogP contribution in [0.3, 0.4) is 0 Å². The third-order valence-corrected chi connectivity index (χ3v) is 6.00. The van der Waals surface area contributed by atoms with E-state index in [0.29, 0.717) is 40.4 Å². The monoisotopic (exact) mass is 452 g/mol. The number of amides is 1. The van der Waals surface area contributed by atoms with Crippen molar-refractivity contribution in [2.24, 2.45) is 5.41 Å². The molecule has 32 heavy (non-hydrogen) atoms. The van der Waals surface area contributed by atoms with Gasteiger partial charge in [-0.25, -0.2) is 4.39 Å². The average molecular weight is 453 g/mol. The van der Waals surface area contributed by atoms with Crippen LogP contribution in [0.25, 0.3) is 5.69 Å². The number of aromatic nitrogens is 1. The van der Waals surface area contributed by atoms with E-state index in [0.717, 1.165) is 0 Å². The highest BCUT2D eigenvalue weighted by Crippen LogP contribution is 2.36. The van der Waals surface area contributed by atoms with Crippen molar-refractivity contribution in [1.82, 2.24) is 4.57 Å². The topological polar surface area (TPSA) is 59.4 Å². The number of rotatable bonds is 3. The lowest BCUT2D eigenvalue weighted by molar-refractivity contribution is 0.0910. The van der Waals surface area contributed by atoms with Crippen molar-refractivity contribution in [3.63, 3.8) is 0 Å². The van der Waals surface area contributed by atoms with Crippen molar-refractivity contribution in [3.8, 4) is 5.69 Å². The Bertz CT molecular complexity index is 1280. The summed E-state index contributed by atoms with van der Waals surface area (Å²) in [6.07, 6.45) is 2.26. The van der Waals surface area contributed by atoms with Crippen LogP contribution in [-0.2, 0) is 6.42 Å². The summed E-state index contributed by atoms with van der Waals surface area (Å²) < 4.78 is 14.7. The van der Waals surface area contributed by atoms with E-state index in [1.807, 2.05) is 13.8 Å². The lowest BCUT2D eigenvalue weighted by Gasteiger charge is -2.32. The van der Waals surface area contributed by atoms with Gasteiger partial charge in [0.1, 0.15) is 11.4 Å². The molecule has 3 aromatic rings. The SMILES string of the molecule is CN(C(=O)c1c2c(cn(-c3ccc(Cl)cc3)c1=O)C(=O)CC(C)(C)C2)c1ccc(F)cc1. The molecule has 0 unspecified atom stereocenters. The third kappa shape index (κ3) is 3.98. The van der Waals surface area contributed by atoms with Gasteiger partial charge in [0, 0.05) is 41.6 Å². The van der Waals surface area contributed by atoms with Crippen LogP contribution in [0.1, 0.15) is 46.5 Å². The minimum absolute atomic E-state index is 0.0506. The molecule has 1 aromatic heterocycles. The van der Waals surface area contributed by atoms with E-state index >= 15 is 0 Å². The zero-order valence-corrected chi connectivity index (χ0v) is 18.7. The molecule has 1 aliphatic rings. The van der Waals surface area contributed by atoms with E-state index in [1.54, 1.807) is 24.3 Å². The van der Waals surface area contributed by atoms with Crippen molar-refractivity contribution in [2.45, 2.75) is 26.7 Å². The summed E-state index contributed by atoms with van der Waals surface area (Å²) in [6.45, 7) is 3.88. The van der Waals surface area contributed by atoms with Crippen LogP contribution in [-0.4, -0.2) is 23.3 Å². The molecule has 7 heteroatoms. The third-order valence-electron chi connectivity index (χ3n) is 5.75. The molecule has 0 aliphatic heterocycles. The van der Waals surface area contributed by atoms with E-state index in [9.17, 15) is 18.8 Å². The summed E-state index contributed by atoms with van der Waals surface area (Å²) in [5, 5.41) is 0.505. The number of hydrogen-bond donors (Lipinski definition) is 0. The Morgan fingerprint density at radius 2 is 1.66 bits per heavy atom. The lowest BCUT2D eigenvalue weighted by Crippen LogP contribution is -2.39. The average Bonchev–Trinajstić information content (AvgIpc) is 2.73. The fourth-order valence-corrected chi connectivity index (χ4v) is 4.23. The molecule has 1 heterocycles. The number of benzene rings is 2. The molecule has 164 valence electrons. The predicted molar refractivity (Wildman–Crippen MR) is 123 cm³/mol. The first-order valence-corrected chi connectivity index (χ1v) is 10.6. The van der Waals surface area contributed by atoms with Gasteiger partial charge in [0.25, 0.3) is 11.5 Å². The Labute approximate surface area is 190 Å². The maximum Gasteiger partial charge on any atom is 0.268 e. The van der Waals surface area contributed by atoms with Crippen molar-refractivity contribution >= 4 is 29.0 Å². The van der Waals surface area contributed by atoms with Gasteiger partial charge < -0.3 is 4.90 Å². The molecule has 0 bridgehead atoms. The second-order valence-corrected chi connectivity index (χ2v) is 9.27. The van der Waals surface area contributed by atoms with Crippen LogP contribution in [0, 0.1) is 11.2 Å². The Kier molecular flexibility index (Phi) is 5.51. The second-order valence-electron chi connectivity index (χ2n) is 8.83. The van der Waals surface area contributed by atoms with Gasteiger partial charge in [-0.15, -0.1) is 0 Å². The highest BCUT2D eigenvalue weighted by atomic mass is 35.5. The summed E-state index contributed by atoms with van der Waals surface area (Å²) in [5.74, 6) is -1.09. The number of ketones is 1. The fourth-order valence-electron chi connectivity index (χ4n) is 4.11. The van der Waals surface area contributed by atoms with Crippen LogP contribution >= 0.6 is 11.6 Å². The van der Waals surface area contributed by atoms with Gasteiger partial charge in [0.05, 0.1) is 0 Å². The molecule has 0 saturated heterocycles. The van der Waals surface area contributed by atoms with E-state index in [1.165, 1.54) is 47.0 Å². The molecule has 0 fully saturated rings. The number of nitrogens with zero attached hydrogens (tertiary/aromatic N) is 2. The van der Waals surface area contributed by atoms with Crippen molar-refractivity contribution in [1.29, 1.82) is 0 Å². The molecule has 5 nitrogen and oxygen atoms in total. The Morgan fingerprint density at radius 1 is 1.03 bits per heavy atom. The minimum Gasteiger partial charge on any atom is -0.311 e. The lowest BCUT2D eigenvalue weighted by atomic mass is 9.73. The molecule has 4 rings (SSSR count). The zero-order valence-electron chi connectivity index (χ0n) is 18.0. The summed E-state index contributed by atoms with van der Waals surface area (Å²) in [6, 6.07) is 12.0. The van der Waals surface area contributed by atoms with E-state index in [-0.39, 0.29) is 16.8 Å². The molecule has 2 aromatic carbocycles. The smallest absolute Gasteiger partial charge is 0.268 e. The maximum absolute atomic E-state index is 13.6. The number of hydrogen-bond acceptors (Lipinski definition) is 3. The highest BCUT2D eigenvalue weighted by Gasteiger charge is 2.36. The van der Waals surface area contributed by atoms with E-state index in [2.05, 4.69) is 0 Å². The molecular formula is C25H22ClFN2O3. The first-order chi connectivity index (χ1) is 15.1. The molecule has 0 atom stereocenters. The largest absolute Gasteiger partial charge is 0.311 e. The molecule has 1 amide bonds. The molecule has 0 spiro atoms. The fraction of sp³-hybridized carbons (Fsp3) is 0.240. The summed E-state index contributed by atoms with van der Waals surface area (Å²) in [4.78, 5) is 41.5. The quantitative estimate of drug-likeness (QED) is 0.558. The highest BCUT2D eigenvalue weighted by molar-refractivity contribution is 6.30. The van der Waals surface area contributed by atoms with Gasteiger partial charge in [0.15, 0.2) is 5.78 Å². The van der Waals surface area contributed by atoms with Crippen LogP contribution in [0.4, 0.5) is 10.1 Å². The summed E-state index contributed by atoms with van der Waals surface area (Å²) in [5.41, 5.74) is 0.814. The van der Waals surface area contributed by atoms with Crippen molar-refractivity contribution in [2.75, 3.05) is 11.9 Å². The molecule has 0 saturated carbocycles. The Balaban J connectivity index is 1.94. The predicted octanol–water partition coefficient (Wildman–Crippen LogP) is 5.06. The number of pyridine rings is 1. The van der Waals surface area contributed by atoms with Gasteiger partial charge in [-0.2, -0.15) is 0 Å². The summed E-state index contributed by atoms with van der Waals surface area (Å²) in [7, 11) is 1.52. The Hall–Kier alpha value is -3.25. The maximum atomic E-state index is 13.6. The number of Topliss-reactive ketones (excluding diaryl/α,β-unsaturated/α-hetero) is 1.